The molecule has 0 saturated carbocycles. The van der Waals surface area contributed by atoms with E-state index in [9.17, 15) is 14.0 Å². The maximum absolute atomic E-state index is 14.6. The Bertz CT molecular complexity index is 1110. The molecule has 0 spiro atoms. The highest BCUT2D eigenvalue weighted by atomic mass is 19.1. The molecular formula is C25H27FN4O2. The number of amides is 2. The van der Waals surface area contributed by atoms with Crippen LogP contribution in [0.1, 0.15) is 18.4 Å². The summed E-state index contributed by atoms with van der Waals surface area (Å²) in [5.74, 6) is -0.581. The zero-order valence-corrected chi connectivity index (χ0v) is 18.4. The molecule has 0 bridgehead atoms. The van der Waals surface area contributed by atoms with Gasteiger partial charge < -0.3 is 9.80 Å². The van der Waals surface area contributed by atoms with Crippen molar-refractivity contribution in [3.63, 3.8) is 0 Å². The van der Waals surface area contributed by atoms with Gasteiger partial charge in [-0.2, -0.15) is 5.10 Å². The highest BCUT2D eigenvalue weighted by Gasteiger charge is 2.50. The molecule has 1 unspecified atom stereocenters. The lowest BCUT2D eigenvalue weighted by Gasteiger charge is -2.39. The second kappa shape index (κ2) is 8.94. The Kier molecular flexibility index (Phi) is 6.08. The van der Waals surface area contributed by atoms with Crippen molar-refractivity contribution in [1.82, 2.24) is 19.6 Å². The number of aromatic nitrogens is 2. The maximum atomic E-state index is 14.6. The lowest BCUT2D eigenvalue weighted by molar-refractivity contribution is -0.150. The number of hydrogen-bond donors (Lipinski definition) is 0. The number of likely N-dealkylation sites (N-methyl/N-ethyl adjacent to an activating group) is 1. The quantitative estimate of drug-likeness (QED) is 0.598. The summed E-state index contributed by atoms with van der Waals surface area (Å²) in [6.45, 7) is 0.575. The average molecular weight is 435 g/mol. The standard InChI is InChI=1S/C25H27FN4O2/c1-28(2)24(32)25(13-7-16-30(25)23(31)18-29-15-8-14-27-29)17-19-9-3-4-10-20(19)21-11-5-6-12-22(21)26/h3-6,8-12,14-15H,7,13,16-18H2,1-2H3. The van der Waals surface area contributed by atoms with Crippen molar-refractivity contribution in [3.05, 3.63) is 78.4 Å². The molecule has 1 aromatic heterocycles. The molecule has 2 amide bonds. The summed E-state index contributed by atoms with van der Waals surface area (Å²) in [7, 11) is 3.42. The first-order valence-corrected chi connectivity index (χ1v) is 10.7. The van der Waals surface area contributed by atoms with Crippen molar-refractivity contribution in [3.8, 4) is 11.1 Å². The zero-order chi connectivity index (χ0) is 22.7. The van der Waals surface area contributed by atoms with Crippen LogP contribution in [0.4, 0.5) is 4.39 Å². The van der Waals surface area contributed by atoms with E-state index < -0.39 is 5.54 Å². The zero-order valence-electron chi connectivity index (χ0n) is 18.4. The third-order valence-electron chi connectivity index (χ3n) is 6.11. The average Bonchev–Trinajstić information content (AvgIpc) is 3.44. The predicted octanol–water partition coefficient (Wildman–Crippen LogP) is 3.38. The molecule has 7 heteroatoms. The molecule has 4 rings (SSSR count). The van der Waals surface area contributed by atoms with E-state index in [0.29, 0.717) is 24.9 Å². The molecule has 1 atom stereocenters. The van der Waals surface area contributed by atoms with Crippen LogP contribution in [-0.4, -0.2) is 57.6 Å². The van der Waals surface area contributed by atoms with Gasteiger partial charge in [0, 0.05) is 45.0 Å². The Morgan fingerprint density at radius 3 is 2.47 bits per heavy atom. The monoisotopic (exact) mass is 434 g/mol. The van der Waals surface area contributed by atoms with Crippen molar-refractivity contribution in [2.24, 2.45) is 0 Å². The fourth-order valence-electron chi connectivity index (χ4n) is 4.69. The van der Waals surface area contributed by atoms with E-state index in [2.05, 4.69) is 5.10 Å². The van der Waals surface area contributed by atoms with Gasteiger partial charge in [0.25, 0.3) is 0 Å². The summed E-state index contributed by atoms with van der Waals surface area (Å²) in [6.07, 6.45) is 4.96. The van der Waals surface area contributed by atoms with Gasteiger partial charge in [0.1, 0.15) is 17.9 Å². The van der Waals surface area contributed by atoms with Gasteiger partial charge in [-0.15, -0.1) is 0 Å². The van der Waals surface area contributed by atoms with Crippen LogP contribution in [0.5, 0.6) is 0 Å². The minimum atomic E-state index is -1.02. The van der Waals surface area contributed by atoms with Crippen LogP contribution in [0.2, 0.25) is 0 Å². The fourth-order valence-corrected chi connectivity index (χ4v) is 4.69. The minimum absolute atomic E-state index is 0.0738. The van der Waals surface area contributed by atoms with Gasteiger partial charge in [-0.1, -0.05) is 42.5 Å². The number of carbonyl (C=O) groups is 2. The molecule has 32 heavy (non-hydrogen) atoms. The first-order valence-electron chi connectivity index (χ1n) is 10.7. The number of benzene rings is 2. The van der Waals surface area contributed by atoms with E-state index in [0.717, 1.165) is 17.5 Å². The number of hydrogen-bond acceptors (Lipinski definition) is 3. The molecule has 166 valence electrons. The van der Waals surface area contributed by atoms with E-state index in [-0.39, 0.29) is 24.2 Å². The molecule has 6 nitrogen and oxygen atoms in total. The fraction of sp³-hybridized carbons (Fsp3) is 0.320. The predicted molar refractivity (Wildman–Crippen MR) is 120 cm³/mol. The Morgan fingerprint density at radius 2 is 1.78 bits per heavy atom. The Morgan fingerprint density at radius 1 is 1.06 bits per heavy atom. The lowest BCUT2D eigenvalue weighted by Crippen LogP contribution is -2.59. The summed E-state index contributed by atoms with van der Waals surface area (Å²) in [5, 5.41) is 4.13. The van der Waals surface area contributed by atoms with Crippen LogP contribution in [0.15, 0.2) is 67.0 Å². The topological polar surface area (TPSA) is 58.4 Å². The van der Waals surface area contributed by atoms with E-state index >= 15 is 0 Å². The summed E-state index contributed by atoms with van der Waals surface area (Å²) in [5.41, 5.74) is 1.05. The number of likely N-dealkylation sites (tertiary alicyclic amines) is 1. The second-order valence-corrected chi connectivity index (χ2v) is 8.40. The van der Waals surface area contributed by atoms with Crippen LogP contribution < -0.4 is 0 Å². The Hall–Kier alpha value is -3.48. The van der Waals surface area contributed by atoms with E-state index in [1.807, 2.05) is 24.3 Å². The van der Waals surface area contributed by atoms with Gasteiger partial charge in [0.15, 0.2) is 0 Å². The summed E-state index contributed by atoms with van der Waals surface area (Å²) in [6, 6.07) is 15.9. The molecule has 3 aromatic rings. The van der Waals surface area contributed by atoms with Crippen LogP contribution in [0, 0.1) is 5.82 Å². The van der Waals surface area contributed by atoms with Crippen molar-refractivity contribution in [2.45, 2.75) is 31.3 Å². The molecule has 1 aliphatic heterocycles. The van der Waals surface area contributed by atoms with Crippen molar-refractivity contribution >= 4 is 11.8 Å². The Labute approximate surface area is 187 Å². The number of carbonyl (C=O) groups excluding carboxylic acids is 2. The van der Waals surface area contributed by atoms with E-state index in [4.69, 9.17) is 0 Å². The lowest BCUT2D eigenvalue weighted by atomic mass is 9.83. The molecule has 2 heterocycles. The van der Waals surface area contributed by atoms with E-state index in [1.54, 1.807) is 65.2 Å². The Balaban J connectivity index is 1.75. The minimum Gasteiger partial charge on any atom is -0.347 e. The summed E-state index contributed by atoms with van der Waals surface area (Å²) < 4.78 is 16.2. The SMILES string of the molecule is CN(C)C(=O)C1(Cc2ccccc2-c2ccccc2F)CCCN1C(=O)Cn1cccn1. The van der Waals surface area contributed by atoms with E-state index in [1.165, 1.54) is 6.07 Å². The van der Waals surface area contributed by atoms with Gasteiger partial charge in [0.05, 0.1) is 0 Å². The van der Waals surface area contributed by atoms with Crippen molar-refractivity contribution < 1.29 is 14.0 Å². The van der Waals surface area contributed by atoms with Crippen molar-refractivity contribution in [2.75, 3.05) is 20.6 Å². The molecule has 0 N–H and O–H groups in total. The van der Waals surface area contributed by atoms with Crippen LogP contribution in [-0.2, 0) is 22.6 Å². The van der Waals surface area contributed by atoms with Crippen LogP contribution in [0.3, 0.4) is 0 Å². The van der Waals surface area contributed by atoms with Crippen molar-refractivity contribution in [1.29, 1.82) is 0 Å². The normalized spacial score (nSPS) is 18.0. The number of nitrogens with zero attached hydrogens (tertiary/aromatic N) is 4. The summed E-state index contributed by atoms with van der Waals surface area (Å²) >= 11 is 0. The molecule has 1 saturated heterocycles. The molecule has 2 aromatic carbocycles. The van der Waals surface area contributed by atoms with Gasteiger partial charge >= 0.3 is 0 Å². The first kappa shape index (κ1) is 21.7. The van der Waals surface area contributed by atoms with Gasteiger partial charge in [-0.05, 0) is 36.1 Å². The third kappa shape index (κ3) is 4.02. The van der Waals surface area contributed by atoms with Gasteiger partial charge in [-0.25, -0.2) is 4.39 Å². The number of rotatable bonds is 6. The summed E-state index contributed by atoms with van der Waals surface area (Å²) in [4.78, 5) is 30.1. The van der Waals surface area contributed by atoms with Crippen LogP contribution >= 0.6 is 0 Å². The third-order valence-corrected chi connectivity index (χ3v) is 6.11. The first-order chi connectivity index (χ1) is 15.4. The molecular weight excluding hydrogens is 407 g/mol. The molecule has 1 fully saturated rings. The molecule has 1 aliphatic rings. The van der Waals surface area contributed by atoms with Gasteiger partial charge in [0.2, 0.25) is 11.8 Å². The molecule has 0 aliphatic carbocycles. The smallest absolute Gasteiger partial charge is 0.248 e. The second-order valence-electron chi connectivity index (χ2n) is 8.40. The highest BCUT2D eigenvalue weighted by molar-refractivity contribution is 5.92. The van der Waals surface area contributed by atoms with Gasteiger partial charge in [-0.3, -0.25) is 14.3 Å². The number of halogens is 1. The maximum Gasteiger partial charge on any atom is 0.248 e. The highest BCUT2D eigenvalue weighted by Crippen LogP contribution is 2.37. The van der Waals surface area contributed by atoms with Crippen LogP contribution in [0.25, 0.3) is 11.1 Å². The molecule has 0 radical (unpaired) electrons. The largest absolute Gasteiger partial charge is 0.347 e.